The van der Waals surface area contributed by atoms with Crippen LogP contribution in [0.2, 0.25) is 0 Å². The maximum absolute atomic E-state index is 5.31. The predicted octanol–water partition coefficient (Wildman–Crippen LogP) is 1.40. The van der Waals surface area contributed by atoms with Crippen molar-refractivity contribution in [1.29, 1.82) is 0 Å². The number of rotatable bonds is 0. The number of piperidine rings is 1. The van der Waals surface area contributed by atoms with Crippen LogP contribution in [0.1, 0.15) is 19.8 Å². The minimum absolute atomic E-state index is 0.589. The van der Waals surface area contributed by atoms with Gasteiger partial charge in [-0.3, -0.25) is 0 Å². The molecule has 0 radical (unpaired) electrons. The Balaban J connectivity index is 2.06. The van der Waals surface area contributed by atoms with Gasteiger partial charge in [0, 0.05) is 6.54 Å². The van der Waals surface area contributed by atoms with Gasteiger partial charge in [-0.05, 0) is 31.0 Å². The highest BCUT2D eigenvalue weighted by molar-refractivity contribution is 7.80. The Morgan fingerprint density at radius 1 is 1.64 bits per heavy atom. The maximum Gasteiger partial charge on any atom is 0.259 e. The second-order valence-corrected chi connectivity index (χ2v) is 3.90. The average molecular weight is 171 g/mol. The molecule has 0 spiro atoms. The summed E-state index contributed by atoms with van der Waals surface area (Å²) in [6.45, 7) is 4.23. The SMILES string of the molecule is CC1CCN2C(=S)OCC2C1. The van der Waals surface area contributed by atoms with Crippen molar-refractivity contribution in [3.63, 3.8) is 0 Å². The molecule has 0 N–H and O–H groups in total. The minimum Gasteiger partial charge on any atom is -0.469 e. The summed E-state index contributed by atoms with van der Waals surface area (Å²) in [7, 11) is 0. The first kappa shape index (κ1) is 7.35. The lowest BCUT2D eigenvalue weighted by Crippen LogP contribution is -2.40. The summed E-state index contributed by atoms with van der Waals surface area (Å²) >= 11 is 5.06. The molecule has 2 saturated heterocycles. The van der Waals surface area contributed by atoms with Gasteiger partial charge in [0.2, 0.25) is 0 Å². The van der Waals surface area contributed by atoms with Gasteiger partial charge in [-0.1, -0.05) is 6.92 Å². The van der Waals surface area contributed by atoms with Gasteiger partial charge < -0.3 is 9.64 Å². The van der Waals surface area contributed by atoms with Gasteiger partial charge in [-0.15, -0.1) is 0 Å². The van der Waals surface area contributed by atoms with E-state index in [9.17, 15) is 0 Å². The molecule has 2 aliphatic rings. The Hall–Kier alpha value is -0.310. The highest BCUT2D eigenvalue weighted by Crippen LogP contribution is 2.26. The standard InChI is InChI=1S/C8H13NOS/c1-6-2-3-9-7(4-6)5-10-8(9)11/h6-7H,2-5H2,1H3. The maximum atomic E-state index is 5.31. The number of hydrogen-bond donors (Lipinski definition) is 0. The molecule has 2 fully saturated rings. The molecule has 0 aromatic carbocycles. The largest absolute Gasteiger partial charge is 0.469 e. The van der Waals surface area contributed by atoms with Crippen molar-refractivity contribution in [2.24, 2.45) is 5.92 Å². The molecule has 0 aromatic rings. The van der Waals surface area contributed by atoms with E-state index in [1.807, 2.05) is 0 Å². The minimum atomic E-state index is 0.589. The zero-order valence-electron chi connectivity index (χ0n) is 6.75. The molecule has 2 aliphatic heterocycles. The third kappa shape index (κ3) is 1.22. The van der Waals surface area contributed by atoms with E-state index in [4.69, 9.17) is 17.0 Å². The van der Waals surface area contributed by atoms with Gasteiger partial charge in [0.1, 0.15) is 6.61 Å². The lowest BCUT2D eigenvalue weighted by atomic mass is 9.94. The van der Waals surface area contributed by atoms with Gasteiger partial charge in [0.25, 0.3) is 5.17 Å². The van der Waals surface area contributed by atoms with E-state index in [-0.39, 0.29) is 0 Å². The molecule has 0 aliphatic carbocycles. The third-order valence-electron chi connectivity index (χ3n) is 2.61. The fourth-order valence-electron chi connectivity index (χ4n) is 1.90. The molecular formula is C8H13NOS. The van der Waals surface area contributed by atoms with E-state index in [1.54, 1.807) is 0 Å². The molecule has 2 unspecified atom stereocenters. The summed E-state index contributed by atoms with van der Waals surface area (Å²) in [5, 5.41) is 0.724. The van der Waals surface area contributed by atoms with Crippen molar-refractivity contribution in [2.75, 3.05) is 13.2 Å². The fourth-order valence-corrected chi connectivity index (χ4v) is 2.21. The van der Waals surface area contributed by atoms with Crippen LogP contribution in [0.5, 0.6) is 0 Å². The van der Waals surface area contributed by atoms with E-state index in [0.29, 0.717) is 6.04 Å². The molecule has 0 saturated carbocycles. The van der Waals surface area contributed by atoms with Crippen molar-refractivity contribution < 1.29 is 4.74 Å². The molecule has 0 amide bonds. The second kappa shape index (κ2) is 2.63. The lowest BCUT2D eigenvalue weighted by Gasteiger charge is -2.31. The normalized spacial score (nSPS) is 36.8. The van der Waals surface area contributed by atoms with Crippen LogP contribution in [-0.2, 0) is 4.74 Å². The van der Waals surface area contributed by atoms with Gasteiger partial charge >= 0.3 is 0 Å². The number of nitrogens with zero attached hydrogens (tertiary/aromatic N) is 1. The predicted molar refractivity (Wildman–Crippen MR) is 47.4 cm³/mol. The van der Waals surface area contributed by atoms with Gasteiger partial charge in [0.05, 0.1) is 6.04 Å². The first-order chi connectivity index (χ1) is 5.27. The van der Waals surface area contributed by atoms with Crippen LogP contribution >= 0.6 is 12.2 Å². The zero-order valence-corrected chi connectivity index (χ0v) is 7.56. The number of ether oxygens (including phenoxy) is 1. The van der Waals surface area contributed by atoms with Crippen molar-refractivity contribution in [3.8, 4) is 0 Å². The Kier molecular flexibility index (Phi) is 1.75. The zero-order chi connectivity index (χ0) is 7.84. The quantitative estimate of drug-likeness (QED) is 0.511. The average Bonchev–Trinajstić information content (AvgIpc) is 2.32. The molecule has 0 aromatic heterocycles. The van der Waals surface area contributed by atoms with Crippen LogP contribution in [0.4, 0.5) is 0 Å². The Morgan fingerprint density at radius 3 is 3.27 bits per heavy atom. The van der Waals surface area contributed by atoms with E-state index in [0.717, 1.165) is 24.2 Å². The van der Waals surface area contributed by atoms with Crippen LogP contribution in [-0.4, -0.2) is 29.3 Å². The third-order valence-corrected chi connectivity index (χ3v) is 2.96. The van der Waals surface area contributed by atoms with Crippen molar-refractivity contribution in [3.05, 3.63) is 0 Å². The summed E-state index contributed by atoms with van der Waals surface area (Å²) in [4.78, 5) is 2.23. The molecule has 2 atom stereocenters. The molecule has 3 heteroatoms. The molecule has 62 valence electrons. The number of hydrogen-bond acceptors (Lipinski definition) is 2. The van der Waals surface area contributed by atoms with Gasteiger partial charge in [-0.2, -0.15) is 0 Å². The fraction of sp³-hybridized carbons (Fsp3) is 0.875. The summed E-state index contributed by atoms with van der Waals surface area (Å²) in [6.07, 6.45) is 2.51. The van der Waals surface area contributed by atoms with Crippen LogP contribution in [0.3, 0.4) is 0 Å². The first-order valence-electron chi connectivity index (χ1n) is 4.21. The molecule has 11 heavy (non-hydrogen) atoms. The topological polar surface area (TPSA) is 12.5 Å². The van der Waals surface area contributed by atoms with Crippen molar-refractivity contribution >= 4 is 17.4 Å². The Morgan fingerprint density at radius 2 is 2.45 bits per heavy atom. The van der Waals surface area contributed by atoms with Gasteiger partial charge in [0.15, 0.2) is 0 Å². The molecule has 0 bridgehead atoms. The molecule has 2 heterocycles. The van der Waals surface area contributed by atoms with E-state index in [2.05, 4.69) is 11.8 Å². The second-order valence-electron chi connectivity index (χ2n) is 3.55. The highest BCUT2D eigenvalue weighted by atomic mass is 32.1. The van der Waals surface area contributed by atoms with Crippen LogP contribution in [0.25, 0.3) is 0 Å². The van der Waals surface area contributed by atoms with Gasteiger partial charge in [-0.25, -0.2) is 0 Å². The summed E-state index contributed by atoms with van der Waals surface area (Å²) in [6, 6.07) is 0.589. The summed E-state index contributed by atoms with van der Waals surface area (Å²) in [5.74, 6) is 0.848. The number of fused-ring (bicyclic) bond motifs is 1. The Bertz CT molecular complexity index is 183. The van der Waals surface area contributed by atoms with Crippen LogP contribution in [0, 0.1) is 5.92 Å². The molecular weight excluding hydrogens is 158 g/mol. The molecule has 2 rings (SSSR count). The summed E-state index contributed by atoms with van der Waals surface area (Å²) in [5.41, 5.74) is 0. The van der Waals surface area contributed by atoms with E-state index >= 15 is 0 Å². The highest BCUT2D eigenvalue weighted by Gasteiger charge is 2.34. The summed E-state index contributed by atoms with van der Waals surface area (Å²) < 4.78 is 5.31. The van der Waals surface area contributed by atoms with Crippen LogP contribution < -0.4 is 0 Å². The lowest BCUT2D eigenvalue weighted by molar-refractivity contribution is 0.212. The van der Waals surface area contributed by atoms with Crippen molar-refractivity contribution in [1.82, 2.24) is 4.90 Å². The Labute approximate surface area is 72.5 Å². The van der Waals surface area contributed by atoms with E-state index in [1.165, 1.54) is 12.8 Å². The van der Waals surface area contributed by atoms with Crippen molar-refractivity contribution in [2.45, 2.75) is 25.8 Å². The first-order valence-corrected chi connectivity index (χ1v) is 4.61. The number of thiocarbonyl (C=S) groups is 1. The van der Waals surface area contributed by atoms with Crippen LogP contribution in [0.15, 0.2) is 0 Å². The van der Waals surface area contributed by atoms with E-state index < -0.39 is 0 Å². The smallest absolute Gasteiger partial charge is 0.259 e. The molecule has 2 nitrogen and oxygen atoms in total. The monoisotopic (exact) mass is 171 g/mol.